The molecule has 0 saturated carbocycles. The Morgan fingerprint density at radius 2 is 1.43 bits per heavy atom. The van der Waals surface area contributed by atoms with Crippen molar-refractivity contribution in [1.82, 2.24) is 29.8 Å². The van der Waals surface area contributed by atoms with Gasteiger partial charge < -0.3 is 19.7 Å². The maximum Gasteiger partial charge on any atom is 0.358 e. The summed E-state index contributed by atoms with van der Waals surface area (Å²) in [7, 11) is 0. The molecule has 40 heavy (non-hydrogen) atoms. The van der Waals surface area contributed by atoms with Crippen molar-refractivity contribution in [1.29, 1.82) is 0 Å². The quantitative estimate of drug-likeness (QED) is 0.270. The third-order valence-electron chi connectivity index (χ3n) is 5.45. The first-order valence-corrected chi connectivity index (χ1v) is 15.1. The van der Waals surface area contributed by atoms with Crippen LogP contribution < -0.4 is 5.32 Å². The van der Waals surface area contributed by atoms with E-state index in [-0.39, 0.29) is 34.9 Å². The van der Waals surface area contributed by atoms with Crippen molar-refractivity contribution in [3.8, 4) is 0 Å². The van der Waals surface area contributed by atoms with Crippen molar-refractivity contribution >= 4 is 79.0 Å². The van der Waals surface area contributed by atoms with Crippen LogP contribution in [0.15, 0.2) is 12.1 Å². The number of hydrogen-bond acceptors (Lipinski definition) is 9. The standard InChI is InChI=1S/C12H16BrN3O3.C10H15N3O2.C2H2BrClO.ClH/c1-2-19-12(18)10-6-9-8-15(11(17)7-13)4-3-5-16(9)14-10;1-2-15-10(14)9-6-8-7-11-4-3-5-13(8)12-9;3-1-2(4)5;/h6H,2-5,7-8H2,1H3;6,11H,2-5,7H2,1H3;1H2;1H. The van der Waals surface area contributed by atoms with Crippen LogP contribution >= 0.6 is 55.9 Å². The van der Waals surface area contributed by atoms with Gasteiger partial charge in [0.1, 0.15) is 0 Å². The topological polar surface area (TPSA) is 138 Å². The molecule has 0 radical (unpaired) electrons. The zero-order chi connectivity index (χ0) is 28.8. The molecule has 2 aromatic rings. The van der Waals surface area contributed by atoms with E-state index in [1.807, 2.05) is 4.68 Å². The number of fused-ring (bicyclic) bond motifs is 2. The highest BCUT2D eigenvalue weighted by atomic mass is 79.9. The van der Waals surface area contributed by atoms with E-state index in [9.17, 15) is 19.2 Å². The Hall–Kier alpha value is -2.00. The normalized spacial score (nSPS) is 13.8. The minimum atomic E-state index is -0.415. The summed E-state index contributed by atoms with van der Waals surface area (Å²) < 4.78 is 13.5. The maximum atomic E-state index is 11.7. The van der Waals surface area contributed by atoms with Crippen LogP contribution in [0.5, 0.6) is 0 Å². The molecule has 1 amide bonds. The lowest BCUT2D eigenvalue weighted by Crippen LogP contribution is -2.31. The lowest BCUT2D eigenvalue weighted by Gasteiger charge is -2.18. The van der Waals surface area contributed by atoms with Crippen LogP contribution in [0.4, 0.5) is 0 Å². The molecule has 1 N–H and O–H groups in total. The van der Waals surface area contributed by atoms with Gasteiger partial charge in [-0.05, 0) is 57.0 Å². The molecule has 4 rings (SSSR count). The van der Waals surface area contributed by atoms with Gasteiger partial charge in [-0.3, -0.25) is 19.0 Å². The largest absolute Gasteiger partial charge is 0.461 e. The minimum absolute atomic E-state index is 0. The first kappa shape index (κ1) is 36.0. The number of aryl methyl sites for hydroxylation is 2. The maximum absolute atomic E-state index is 11.7. The van der Waals surface area contributed by atoms with Crippen LogP contribution in [0.25, 0.3) is 0 Å². The highest BCUT2D eigenvalue weighted by Crippen LogP contribution is 2.15. The summed E-state index contributed by atoms with van der Waals surface area (Å²) in [5.74, 6) is -0.702. The van der Waals surface area contributed by atoms with Gasteiger partial charge in [-0.15, -0.1) is 12.4 Å². The summed E-state index contributed by atoms with van der Waals surface area (Å²) in [5.41, 5.74) is 2.64. The van der Waals surface area contributed by atoms with Crippen LogP contribution in [0, 0.1) is 0 Å². The van der Waals surface area contributed by atoms with Gasteiger partial charge >= 0.3 is 11.9 Å². The van der Waals surface area contributed by atoms with E-state index in [2.05, 4.69) is 47.4 Å². The predicted octanol–water partition coefficient (Wildman–Crippen LogP) is 3.31. The minimum Gasteiger partial charge on any atom is -0.461 e. The molecule has 12 nitrogen and oxygen atoms in total. The van der Waals surface area contributed by atoms with Gasteiger partial charge in [0, 0.05) is 26.2 Å². The van der Waals surface area contributed by atoms with E-state index in [1.165, 1.54) is 0 Å². The van der Waals surface area contributed by atoms with E-state index >= 15 is 0 Å². The SMILES string of the molecule is CCOC(=O)c1cc2n(n1)CCCN(C(=O)CBr)C2.CCOC(=O)c1cc2n(n1)CCCNC2.Cl.O=C(Cl)CBr. The Morgan fingerprint density at radius 3 is 1.95 bits per heavy atom. The lowest BCUT2D eigenvalue weighted by atomic mass is 10.3. The van der Waals surface area contributed by atoms with Crippen LogP contribution in [0.3, 0.4) is 0 Å². The summed E-state index contributed by atoms with van der Waals surface area (Å²) in [6.07, 6.45) is 1.87. The Bertz CT molecular complexity index is 1110. The molecule has 4 heterocycles. The van der Waals surface area contributed by atoms with E-state index in [0.29, 0.717) is 49.6 Å². The van der Waals surface area contributed by atoms with Gasteiger partial charge in [0.2, 0.25) is 11.1 Å². The number of rotatable bonds is 6. The molecule has 2 aliphatic heterocycles. The van der Waals surface area contributed by atoms with Crippen molar-refractivity contribution in [2.24, 2.45) is 0 Å². The fourth-order valence-corrected chi connectivity index (χ4v) is 4.09. The highest BCUT2D eigenvalue weighted by molar-refractivity contribution is 9.09. The van der Waals surface area contributed by atoms with Crippen molar-refractivity contribution in [2.45, 2.75) is 52.9 Å². The number of nitrogens with one attached hydrogen (secondary N) is 1. The number of aromatic nitrogens is 4. The van der Waals surface area contributed by atoms with Crippen LogP contribution in [-0.4, -0.2) is 84.5 Å². The monoisotopic (exact) mass is 730 g/mol. The third kappa shape index (κ3) is 11.5. The fourth-order valence-electron chi connectivity index (χ4n) is 3.73. The van der Waals surface area contributed by atoms with E-state index in [4.69, 9.17) is 21.1 Å². The zero-order valence-corrected chi connectivity index (χ0v) is 27.1. The van der Waals surface area contributed by atoms with Crippen LogP contribution in [-0.2, 0) is 45.2 Å². The Morgan fingerprint density at radius 1 is 0.900 bits per heavy atom. The van der Waals surface area contributed by atoms with Crippen molar-refractivity contribution in [2.75, 3.05) is 37.0 Å². The number of esters is 2. The number of carbonyl (C=O) groups is 4. The fraction of sp³-hybridized carbons (Fsp3) is 0.583. The van der Waals surface area contributed by atoms with Gasteiger partial charge in [-0.25, -0.2) is 9.59 Å². The molecule has 0 spiro atoms. The highest BCUT2D eigenvalue weighted by Gasteiger charge is 2.22. The molecule has 16 heteroatoms. The second-order valence-corrected chi connectivity index (χ2v) is 9.79. The van der Waals surface area contributed by atoms with Crippen LogP contribution in [0.2, 0.25) is 0 Å². The number of hydrogen-bond donors (Lipinski definition) is 1. The van der Waals surface area contributed by atoms with Crippen molar-refractivity contribution in [3.05, 3.63) is 34.9 Å². The molecule has 0 aliphatic carbocycles. The second-order valence-electron chi connectivity index (χ2n) is 8.25. The molecule has 0 bridgehead atoms. The number of amides is 1. The van der Waals surface area contributed by atoms with Gasteiger partial charge in [0.05, 0.1) is 41.8 Å². The molecule has 0 aromatic carbocycles. The number of nitrogens with zero attached hydrogens (tertiary/aromatic N) is 5. The number of ether oxygens (including phenoxy) is 2. The zero-order valence-electron chi connectivity index (χ0n) is 22.4. The summed E-state index contributed by atoms with van der Waals surface area (Å²) in [4.78, 5) is 46.1. The van der Waals surface area contributed by atoms with Crippen molar-refractivity contribution < 1.29 is 28.7 Å². The van der Waals surface area contributed by atoms with Gasteiger partial charge in [0.25, 0.3) is 0 Å². The molecular weight excluding hydrogens is 699 g/mol. The van der Waals surface area contributed by atoms with E-state index in [1.54, 1.807) is 35.6 Å². The molecule has 0 unspecified atom stereocenters. The summed E-state index contributed by atoms with van der Waals surface area (Å²) in [6, 6.07) is 3.51. The third-order valence-corrected chi connectivity index (χ3v) is 6.89. The summed E-state index contributed by atoms with van der Waals surface area (Å²) >= 11 is 10.8. The average Bonchev–Trinajstić information content (AvgIpc) is 3.38. The lowest BCUT2D eigenvalue weighted by molar-refractivity contribution is -0.128. The molecular formula is C24H34Br2Cl2N6O6. The molecule has 0 atom stereocenters. The summed E-state index contributed by atoms with van der Waals surface area (Å²) in [5, 5.41) is 11.9. The molecule has 0 fully saturated rings. The van der Waals surface area contributed by atoms with Gasteiger partial charge in [0.15, 0.2) is 11.4 Å². The van der Waals surface area contributed by atoms with E-state index < -0.39 is 5.97 Å². The second kappa shape index (κ2) is 19.2. The number of halogens is 4. The summed E-state index contributed by atoms with van der Waals surface area (Å²) in [6.45, 7) is 8.80. The molecule has 224 valence electrons. The smallest absolute Gasteiger partial charge is 0.358 e. The van der Waals surface area contributed by atoms with Gasteiger partial charge in [-0.1, -0.05) is 31.9 Å². The van der Waals surface area contributed by atoms with Crippen molar-refractivity contribution in [3.63, 3.8) is 0 Å². The first-order chi connectivity index (χ1) is 18.7. The molecule has 2 aromatic heterocycles. The Kier molecular flexibility index (Phi) is 17.3. The predicted molar refractivity (Wildman–Crippen MR) is 158 cm³/mol. The van der Waals surface area contributed by atoms with E-state index in [0.717, 1.165) is 43.9 Å². The Labute approximate surface area is 261 Å². The van der Waals surface area contributed by atoms with Gasteiger partial charge in [-0.2, -0.15) is 10.2 Å². The molecule has 0 saturated heterocycles. The number of alkyl halides is 2. The molecule has 2 aliphatic rings. The first-order valence-electron chi connectivity index (χ1n) is 12.5. The number of carbonyl (C=O) groups excluding carboxylic acids is 4. The average molecular weight is 733 g/mol. The Balaban J connectivity index is 0.000000341. The van der Waals surface area contributed by atoms with Crippen LogP contribution in [0.1, 0.15) is 59.1 Å².